The fraction of sp³-hybridized carbons (Fsp3) is 0.500. The molecular formula is C18H25N3. The summed E-state index contributed by atoms with van der Waals surface area (Å²) >= 11 is 0. The SMILES string of the molecule is CCc1c(CC2CCCCC2)nn(-c2ccccc2)c1N. The van der Waals surface area contributed by atoms with Gasteiger partial charge >= 0.3 is 0 Å². The van der Waals surface area contributed by atoms with E-state index < -0.39 is 0 Å². The minimum atomic E-state index is 0.794. The van der Waals surface area contributed by atoms with Crippen LogP contribution in [0.1, 0.15) is 50.3 Å². The molecule has 1 aromatic carbocycles. The summed E-state index contributed by atoms with van der Waals surface area (Å²) < 4.78 is 1.91. The van der Waals surface area contributed by atoms with Gasteiger partial charge in [-0.15, -0.1) is 0 Å². The minimum absolute atomic E-state index is 0.794. The van der Waals surface area contributed by atoms with Gasteiger partial charge in [-0.05, 0) is 30.9 Å². The Labute approximate surface area is 127 Å². The molecule has 0 bridgehead atoms. The fourth-order valence-electron chi connectivity index (χ4n) is 3.49. The molecule has 0 amide bonds. The molecule has 0 spiro atoms. The molecule has 0 saturated heterocycles. The predicted octanol–water partition coefficient (Wildman–Crippen LogP) is 4.14. The highest BCUT2D eigenvalue weighted by atomic mass is 15.3. The van der Waals surface area contributed by atoms with Crippen molar-refractivity contribution in [2.75, 3.05) is 5.73 Å². The molecule has 3 heteroatoms. The van der Waals surface area contributed by atoms with Crippen molar-refractivity contribution in [1.29, 1.82) is 0 Å². The van der Waals surface area contributed by atoms with E-state index >= 15 is 0 Å². The first kappa shape index (κ1) is 14.2. The molecule has 2 aromatic rings. The van der Waals surface area contributed by atoms with Crippen LogP contribution in [0.5, 0.6) is 0 Å². The van der Waals surface area contributed by atoms with Gasteiger partial charge in [-0.2, -0.15) is 5.10 Å². The van der Waals surface area contributed by atoms with Crippen LogP contribution in [-0.2, 0) is 12.8 Å². The Kier molecular flexibility index (Phi) is 4.28. The maximum atomic E-state index is 6.35. The number of nitrogens with zero attached hydrogens (tertiary/aromatic N) is 2. The quantitative estimate of drug-likeness (QED) is 0.916. The molecule has 2 N–H and O–H groups in total. The number of benzene rings is 1. The van der Waals surface area contributed by atoms with Crippen molar-refractivity contribution in [3.63, 3.8) is 0 Å². The highest BCUT2D eigenvalue weighted by Gasteiger charge is 2.20. The lowest BCUT2D eigenvalue weighted by Crippen LogP contribution is -2.10. The number of aromatic nitrogens is 2. The van der Waals surface area contributed by atoms with E-state index in [2.05, 4.69) is 19.1 Å². The van der Waals surface area contributed by atoms with Crippen LogP contribution in [0.25, 0.3) is 5.69 Å². The van der Waals surface area contributed by atoms with E-state index in [0.29, 0.717) is 0 Å². The van der Waals surface area contributed by atoms with E-state index in [1.165, 1.54) is 43.4 Å². The number of rotatable bonds is 4. The van der Waals surface area contributed by atoms with E-state index in [1.54, 1.807) is 0 Å². The van der Waals surface area contributed by atoms with Gasteiger partial charge in [-0.25, -0.2) is 4.68 Å². The van der Waals surface area contributed by atoms with Crippen LogP contribution in [0, 0.1) is 5.92 Å². The lowest BCUT2D eigenvalue weighted by Gasteiger charge is -2.20. The van der Waals surface area contributed by atoms with Crippen LogP contribution in [0.3, 0.4) is 0 Å². The number of hydrogen-bond donors (Lipinski definition) is 1. The summed E-state index contributed by atoms with van der Waals surface area (Å²) in [5.74, 6) is 1.61. The Morgan fingerprint density at radius 2 is 1.86 bits per heavy atom. The average molecular weight is 283 g/mol. The molecule has 112 valence electrons. The fourth-order valence-corrected chi connectivity index (χ4v) is 3.49. The van der Waals surface area contributed by atoms with Gasteiger partial charge in [0.05, 0.1) is 11.4 Å². The molecule has 1 aromatic heterocycles. The molecule has 1 saturated carbocycles. The van der Waals surface area contributed by atoms with Gasteiger partial charge in [0.2, 0.25) is 0 Å². The summed E-state index contributed by atoms with van der Waals surface area (Å²) in [6.07, 6.45) is 8.90. The molecule has 0 atom stereocenters. The van der Waals surface area contributed by atoms with Crippen molar-refractivity contribution >= 4 is 5.82 Å². The lowest BCUT2D eigenvalue weighted by atomic mass is 9.85. The number of nitrogens with two attached hydrogens (primary N) is 1. The molecule has 0 radical (unpaired) electrons. The zero-order chi connectivity index (χ0) is 14.7. The van der Waals surface area contributed by atoms with Crippen LogP contribution in [-0.4, -0.2) is 9.78 Å². The van der Waals surface area contributed by atoms with Crippen molar-refractivity contribution in [3.8, 4) is 5.69 Å². The molecule has 1 fully saturated rings. The zero-order valence-corrected chi connectivity index (χ0v) is 12.9. The summed E-state index contributed by atoms with van der Waals surface area (Å²) in [6.45, 7) is 2.17. The third kappa shape index (κ3) is 2.97. The lowest BCUT2D eigenvalue weighted by molar-refractivity contribution is 0.353. The molecule has 0 unspecified atom stereocenters. The van der Waals surface area contributed by atoms with Crippen molar-refractivity contribution in [3.05, 3.63) is 41.6 Å². The van der Waals surface area contributed by atoms with Gasteiger partial charge < -0.3 is 5.73 Å². The van der Waals surface area contributed by atoms with Gasteiger partial charge in [0.15, 0.2) is 0 Å². The summed E-state index contributed by atoms with van der Waals surface area (Å²) in [4.78, 5) is 0. The number of anilines is 1. The van der Waals surface area contributed by atoms with Crippen molar-refractivity contribution in [2.24, 2.45) is 5.92 Å². The van der Waals surface area contributed by atoms with Gasteiger partial charge in [0.25, 0.3) is 0 Å². The van der Waals surface area contributed by atoms with Crippen LogP contribution >= 0.6 is 0 Å². The number of nitrogen functional groups attached to an aromatic ring is 1. The summed E-state index contributed by atoms with van der Waals surface area (Å²) in [5, 5.41) is 4.84. The Hall–Kier alpha value is -1.77. The third-order valence-corrected chi connectivity index (χ3v) is 4.67. The second kappa shape index (κ2) is 6.33. The van der Waals surface area contributed by atoms with Crippen molar-refractivity contribution in [2.45, 2.75) is 51.9 Å². The molecule has 21 heavy (non-hydrogen) atoms. The standard InChI is InChI=1S/C18H25N3/c1-2-16-17(13-14-9-5-3-6-10-14)20-21(18(16)19)15-11-7-4-8-12-15/h4,7-8,11-12,14H,2-3,5-6,9-10,13,19H2,1H3. The van der Waals surface area contributed by atoms with Gasteiger partial charge in [-0.1, -0.05) is 57.2 Å². The van der Waals surface area contributed by atoms with E-state index in [9.17, 15) is 0 Å². The Balaban J connectivity index is 1.90. The zero-order valence-electron chi connectivity index (χ0n) is 12.9. The first-order valence-electron chi connectivity index (χ1n) is 8.21. The first-order chi connectivity index (χ1) is 10.3. The van der Waals surface area contributed by atoms with E-state index in [0.717, 1.165) is 30.3 Å². The van der Waals surface area contributed by atoms with Gasteiger partial charge in [-0.3, -0.25) is 0 Å². The van der Waals surface area contributed by atoms with E-state index in [4.69, 9.17) is 10.8 Å². The number of hydrogen-bond acceptors (Lipinski definition) is 2. The molecule has 1 heterocycles. The molecular weight excluding hydrogens is 258 g/mol. The summed E-state index contributed by atoms with van der Waals surface area (Å²) in [7, 11) is 0. The largest absolute Gasteiger partial charge is 0.383 e. The van der Waals surface area contributed by atoms with Crippen LogP contribution in [0.15, 0.2) is 30.3 Å². The molecule has 1 aliphatic rings. The Morgan fingerprint density at radius 1 is 1.14 bits per heavy atom. The smallest absolute Gasteiger partial charge is 0.130 e. The average Bonchev–Trinajstić information content (AvgIpc) is 2.85. The van der Waals surface area contributed by atoms with E-state index in [1.807, 2.05) is 22.9 Å². The minimum Gasteiger partial charge on any atom is -0.383 e. The van der Waals surface area contributed by atoms with Crippen molar-refractivity contribution < 1.29 is 0 Å². The monoisotopic (exact) mass is 283 g/mol. The van der Waals surface area contributed by atoms with E-state index in [-0.39, 0.29) is 0 Å². The van der Waals surface area contributed by atoms with Gasteiger partial charge in [0, 0.05) is 5.56 Å². The second-order valence-corrected chi connectivity index (χ2v) is 6.12. The highest BCUT2D eigenvalue weighted by Crippen LogP contribution is 2.30. The van der Waals surface area contributed by atoms with Crippen molar-refractivity contribution in [1.82, 2.24) is 9.78 Å². The van der Waals surface area contributed by atoms with Crippen LogP contribution < -0.4 is 5.73 Å². The maximum absolute atomic E-state index is 6.35. The van der Waals surface area contributed by atoms with Crippen LogP contribution in [0.2, 0.25) is 0 Å². The Bertz CT molecular complexity index is 580. The third-order valence-electron chi connectivity index (χ3n) is 4.67. The predicted molar refractivity (Wildman–Crippen MR) is 87.6 cm³/mol. The molecule has 0 aliphatic heterocycles. The highest BCUT2D eigenvalue weighted by molar-refractivity contribution is 5.50. The molecule has 3 rings (SSSR count). The number of para-hydroxylation sites is 1. The summed E-state index contributed by atoms with van der Waals surface area (Å²) in [5.41, 5.74) is 9.86. The topological polar surface area (TPSA) is 43.8 Å². The molecule has 3 nitrogen and oxygen atoms in total. The second-order valence-electron chi connectivity index (χ2n) is 6.12. The normalized spacial score (nSPS) is 16.2. The maximum Gasteiger partial charge on any atom is 0.130 e. The summed E-state index contributed by atoms with van der Waals surface area (Å²) in [6, 6.07) is 10.2. The van der Waals surface area contributed by atoms with Crippen LogP contribution in [0.4, 0.5) is 5.82 Å². The molecule has 1 aliphatic carbocycles. The Morgan fingerprint density at radius 3 is 2.52 bits per heavy atom. The van der Waals surface area contributed by atoms with Gasteiger partial charge in [0.1, 0.15) is 5.82 Å². The first-order valence-corrected chi connectivity index (χ1v) is 8.21.